The van der Waals surface area contributed by atoms with Gasteiger partial charge in [-0.2, -0.15) is 10.5 Å². The first-order valence-corrected chi connectivity index (χ1v) is 8.87. The molecule has 0 amide bonds. The van der Waals surface area contributed by atoms with Crippen molar-refractivity contribution in [1.82, 2.24) is 0 Å². The van der Waals surface area contributed by atoms with Gasteiger partial charge in [0, 0.05) is 0 Å². The minimum atomic E-state index is -0.832. The molecule has 2 aromatic carbocycles. The van der Waals surface area contributed by atoms with E-state index in [0.717, 1.165) is 0 Å². The van der Waals surface area contributed by atoms with E-state index in [2.05, 4.69) is 4.74 Å². The molecular formula is C23H18N2O5. The van der Waals surface area contributed by atoms with Crippen molar-refractivity contribution in [3.05, 3.63) is 70.8 Å². The maximum atomic E-state index is 12.4. The summed E-state index contributed by atoms with van der Waals surface area (Å²) < 4.78 is 15.1. The van der Waals surface area contributed by atoms with Crippen LogP contribution < -0.4 is 9.47 Å². The van der Waals surface area contributed by atoms with Crippen LogP contribution >= 0.6 is 0 Å². The fraction of sp³-hybridized carbons (Fsp3) is 0.130. The van der Waals surface area contributed by atoms with E-state index in [1.165, 1.54) is 31.4 Å². The number of ether oxygens (including phenoxy) is 3. The second-order valence-electron chi connectivity index (χ2n) is 5.80. The molecule has 0 aliphatic heterocycles. The highest BCUT2D eigenvalue weighted by molar-refractivity contribution is 5.99. The first kappa shape index (κ1) is 21.9. The Bertz CT molecular complexity index is 1070. The summed E-state index contributed by atoms with van der Waals surface area (Å²) in [6, 6.07) is 16.7. The van der Waals surface area contributed by atoms with Gasteiger partial charge >= 0.3 is 11.9 Å². The normalized spacial score (nSPS) is 11.1. The van der Waals surface area contributed by atoms with Gasteiger partial charge in [-0.25, -0.2) is 9.59 Å². The van der Waals surface area contributed by atoms with E-state index in [0.29, 0.717) is 23.5 Å². The number of benzene rings is 2. The average Bonchev–Trinajstić information content (AvgIpc) is 2.76. The highest BCUT2D eigenvalue weighted by atomic mass is 16.5. The third-order valence-electron chi connectivity index (χ3n) is 3.75. The molecule has 2 rings (SSSR count). The van der Waals surface area contributed by atoms with Crippen LogP contribution in [0.4, 0.5) is 0 Å². The summed E-state index contributed by atoms with van der Waals surface area (Å²) in [5.41, 5.74) is 0.707. The second-order valence-corrected chi connectivity index (χ2v) is 5.80. The standard InChI is InChI=1S/C23H18N2O5/c1-3-29-20-9-7-16(8-10-20)11-19(15-25)23(27)30-21-6-4-5-17(13-21)12-18(14-24)22(26)28-2/h4-13H,3H2,1-2H3/b18-12+,19-11+. The molecule has 0 aliphatic rings. The molecule has 2 aromatic rings. The fourth-order valence-electron chi connectivity index (χ4n) is 2.37. The van der Waals surface area contributed by atoms with Crippen molar-refractivity contribution in [2.75, 3.05) is 13.7 Å². The van der Waals surface area contributed by atoms with Crippen LogP contribution in [0.15, 0.2) is 59.7 Å². The Morgan fingerprint density at radius 1 is 0.900 bits per heavy atom. The Morgan fingerprint density at radius 3 is 2.13 bits per heavy atom. The summed E-state index contributed by atoms with van der Waals surface area (Å²) in [6.07, 6.45) is 2.72. The van der Waals surface area contributed by atoms with E-state index < -0.39 is 11.9 Å². The molecule has 0 unspecified atom stereocenters. The van der Waals surface area contributed by atoms with Gasteiger partial charge in [-0.15, -0.1) is 0 Å². The van der Waals surface area contributed by atoms with Crippen LogP contribution in [-0.4, -0.2) is 25.7 Å². The molecule has 0 fully saturated rings. The van der Waals surface area contributed by atoms with Gasteiger partial charge in [-0.1, -0.05) is 24.3 Å². The lowest BCUT2D eigenvalue weighted by atomic mass is 10.1. The Morgan fingerprint density at radius 2 is 1.53 bits per heavy atom. The van der Waals surface area contributed by atoms with Crippen LogP contribution in [0.5, 0.6) is 11.5 Å². The molecule has 0 heterocycles. The molecule has 0 spiro atoms. The van der Waals surface area contributed by atoms with Crippen LogP contribution in [0.3, 0.4) is 0 Å². The number of hydrogen-bond acceptors (Lipinski definition) is 7. The minimum Gasteiger partial charge on any atom is -0.494 e. The molecule has 0 bridgehead atoms. The molecule has 7 nitrogen and oxygen atoms in total. The minimum absolute atomic E-state index is 0.156. The lowest BCUT2D eigenvalue weighted by molar-refractivity contribution is -0.135. The topological polar surface area (TPSA) is 109 Å². The van der Waals surface area contributed by atoms with Gasteiger partial charge in [0.1, 0.15) is 34.8 Å². The molecule has 0 aliphatic carbocycles. The van der Waals surface area contributed by atoms with Crippen molar-refractivity contribution in [2.24, 2.45) is 0 Å². The van der Waals surface area contributed by atoms with Crippen LogP contribution in [0.1, 0.15) is 18.1 Å². The molecule has 0 saturated carbocycles. The third-order valence-corrected chi connectivity index (χ3v) is 3.75. The smallest absolute Gasteiger partial charge is 0.354 e. The number of hydrogen-bond donors (Lipinski definition) is 0. The zero-order valence-electron chi connectivity index (χ0n) is 16.4. The highest BCUT2D eigenvalue weighted by Gasteiger charge is 2.13. The van der Waals surface area contributed by atoms with E-state index in [9.17, 15) is 14.9 Å². The molecule has 150 valence electrons. The summed E-state index contributed by atoms with van der Waals surface area (Å²) in [5.74, 6) is -0.765. The van der Waals surface area contributed by atoms with Crippen molar-refractivity contribution in [2.45, 2.75) is 6.92 Å². The summed E-state index contributed by atoms with van der Waals surface area (Å²) in [7, 11) is 1.17. The van der Waals surface area contributed by atoms with Gasteiger partial charge in [-0.05, 0) is 54.5 Å². The van der Waals surface area contributed by atoms with Crippen molar-refractivity contribution in [1.29, 1.82) is 10.5 Å². The fourth-order valence-corrected chi connectivity index (χ4v) is 2.37. The molecular weight excluding hydrogens is 384 g/mol. The summed E-state index contributed by atoms with van der Waals surface area (Å²) in [6.45, 7) is 2.41. The summed E-state index contributed by atoms with van der Waals surface area (Å²) in [5, 5.41) is 18.4. The van der Waals surface area contributed by atoms with E-state index in [1.807, 2.05) is 13.0 Å². The lowest BCUT2D eigenvalue weighted by Crippen LogP contribution is -2.10. The maximum absolute atomic E-state index is 12.4. The summed E-state index contributed by atoms with van der Waals surface area (Å²) >= 11 is 0. The van der Waals surface area contributed by atoms with Gasteiger partial charge in [-0.3, -0.25) is 0 Å². The molecule has 7 heteroatoms. The average molecular weight is 402 g/mol. The molecule has 0 saturated heterocycles. The van der Waals surface area contributed by atoms with Gasteiger partial charge in [0.15, 0.2) is 0 Å². The Kier molecular flexibility index (Phi) is 7.93. The van der Waals surface area contributed by atoms with Crippen molar-refractivity contribution >= 4 is 24.1 Å². The SMILES string of the molecule is CCOc1ccc(/C=C(\C#N)C(=O)Oc2cccc(/C=C(\C#N)C(=O)OC)c2)cc1. The first-order chi connectivity index (χ1) is 14.5. The predicted octanol–water partition coefficient (Wildman–Crippen LogP) is 3.68. The maximum Gasteiger partial charge on any atom is 0.354 e. The van der Waals surface area contributed by atoms with E-state index in [-0.39, 0.29) is 16.9 Å². The predicted molar refractivity (Wildman–Crippen MR) is 109 cm³/mol. The lowest BCUT2D eigenvalue weighted by Gasteiger charge is -2.05. The largest absolute Gasteiger partial charge is 0.494 e. The quantitative estimate of drug-likeness (QED) is 0.301. The molecule has 30 heavy (non-hydrogen) atoms. The van der Waals surface area contributed by atoms with E-state index in [4.69, 9.17) is 14.7 Å². The van der Waals surface area contributed by atoms with Gasteiger partial charge < -0.3 is 14.2 Å². The zero-order chi connectivity index (χ0) is 21.9. The van der Waals surface area contributed by atoms with Gasteiger partial charge in [0.05, 0.1) is 13.7 Å². The summed E-state index contributed by atoms with van der Waals surface area (Å²) in [4.78, 5) is 23.9. The molecule has 0 N–H and O–H groups in total. The number of methoxy groups -OCH3 is 1. The van der Waals surface area contributed by atoms with Crippen LogP contribution in [0.2, 0.25) is 0 Å². The van der Waals surface area contributed by atoms with Gasteiger partial charge in [0.2, 0.25) is 0 Å². The Balaban J connectivity index is 2.20. The number of esters is 2. The molecule has 0 radical (unpaired) electrons. The number of rotatable bonds is 7. The Hall–Kier alpha value is -4.36. The Labute approximate surface area is 174 Å². The van der Waals surface area contributed by atoms with Crippen LogP contribution in [0, 0.1) is 22.7 Å². The highest BCUT2D eigenvalue weighted by Crippen LogP contribution is 2.19. The number of carbonyl (C=O) groups excluding carboxylic acids is 2. The number of nitriles is 2. The number of nitrogens with zero attached hydrogens (tertiary/aromatic N) is 2. The first-order valence-electron chi connectivity index (χ1n) is 8.87. The van der Waals surface area contributed by atoms with Crippen molar-refractivity contribution in [3.8, 4) is 23.6 Å². The third kappa shape index (κ3) is 6.08. The van der Waals surface area contributed by atoms with Crippen LogP contribution in [-0.2, 0) is 14.3 Å². The molecule has 0 atom stereocenters. The van der Waals surface area contributed by atoms with Crippen molar-refractivity contribution < 1.29 is 23.8 Å². The zero-order valence-corrected chi connectivity index (χ0v) is 16.4. The van der Waals surface area contributed by atoms with Crippen molar-refractivity contribution in [3.63, 3.8) is 0 Å². The van der Waals surface area contributed by atoms with E-state index in [1.54, 1.807) is 42.5 Å². The van der Waals surface area contributed by atoms with Gasteiger partial charge in [0.25, 0.3) is 0 Å². The monoisotopic (exact) mass is 402 g/mol. The second kappa shape index (κ2) is 10.8. The van der Waals surface area contributed by atoms with Crippen LogP contribution in [0.25, 0.3) is 12.2 Å². The number of carbonyl (C=O) groups is 2. The van der Waals surface area contributed by atoms with E-state index >= 15 is 0 Å². The molecule has 0 aromatic heterocycles.